The average molecular weight is 316 g/mol. The van der Waals surface area contributed by atoms with E-state index in [1.54, 1.807) is 24.4 Å². The summed E-state index contributed by atoms with van der Waals surface area (Å²) in [5, 5.41) is 3.34. The first-order chi connectivity index (χ1) is 10.5. The maximum absolute atomic E-state index is 12.3. The molecular weight excluding hydrogens is 302 g/mol. The number of aromatic nitrogens is 1. The Labute approximate surface area is 132 Å². The van der Waals surface area contributed by atoms with Gasteiger partial charge in [0, 0.05) is 23.0 Å². The molecule has 3 rings (SSSR count). The molecule has 22 heavy (non-hydrogen) atoms. The molecule has 1 saturated carbocycles. The highest BCUT2D eigenvalue weighted by Crippen LogP contribution is 2.35. The Balaban J connectivity index is 1.83. The topological polar surface area (TPSA) is 85.1 Å². The molecule has 1 fully saturated rings. The van der Waals surface area contributed by atoms with Crippen molar-refractivity contribution in [1.29, 1.82) is 0 Å². The first-order valence-corrected chi connectivity index (χ1v) is 7.21. The third-order valence-electron chi connectivity index (χ3n) is 3.75. The molecule has 1 aromatic carbocycles. The second-order valence-electron chi connectivity index (χ2n) is 5.37. The van der Waals surface area contributed by atoms with Crippen LogP contribution in [-0.4, -0.2) is 22.3 Å². The van der Waals surface area contributed by atoms with Crippen molar-refractivity contribution < 1.29 is 9.59 Å². The number of rotatable bonds is 4. The van der Waals surface area contributed by atoms with Crippen LogP contribution in [0.2, 0.25) is 5.02 Å². The van der Waals surface area contributed by atoms with E-state index < -0.39 is 11.4 Å². The van der Waals surface area contributed by atoms with Gasteiger partial charge in [0.2, 0.25) is 5.91 Å². The van der Waals surface area contributed by atoms with Crippen LogP contribution in [-0.2, 0) is 4.79 Å². The van der Waals surface area contributed by atoms with E-state index in [0.29, 0.717) is 23.4 Å². The third-order valence-corrected chi connectivity index (χ3v) is 4.00. The van der Waals surface area contributed by atoms with Gasteiger partial charge < -0.3 is 11.1 Å². The Bertz CT molecular complexity index is 739. The van der Waals surface area contributed by atoms with Crippen molar-refractivity contribution in [1.82, 2.24) is 10.3 Å². The number of hydrogen-bond acceptors (Lipinski definition) is 3. The molecule has 1 aliphatic rings. The number of amides is 2. The summed E-state index contributed by atoms with van der Waals surface area (Å²) >= 11 is 5.87. The predicted octanol–water partition coefficient (Wildman–Crippen LogP) is 2.15. The molecule has 0 spiro atoms. The van der Waals surface area contributed by atoms with Gasteiger partial charge in [-0.1, -0.05) is 23.7 Å². The van der Waals surface area contributed by atoms with Crippen LogP contribution in [0.5, 0.6) is 0 Å². The number of primary amides is 1. The van der Waals surface area contributed by atoms with Crippen LogP contribution < -0.4 is 11.1 Å². The molecule has 1 aliphatic carbocycles. The Kier molecular flexibility index (Phi) is 3.58. The molecule has 0 radical (unpaired) electrons. The van der Waals surface area contributed by atoms with Gasteiger partial charge in [-0.3, -0.25) is 14.6 Å². The van der Waals surface area contributed by atoms with Crippen LogP contribution >= 0.6 is 11.6 Å². The van der Waals surface area contributed by atoms with Gasteiger partial charge in [0.1, 0.15) is 5.54 Å². The monoisotopic (exact) mass is 315 g/mol. The van der Waals surface area contributed by atoms with Gasteiger partial charge in [0.05, 0.1) is 5.56 Å². The van der Waals surface area contributed by atoms with Crippen LogP contribution in [0.25, 0.3) is 11.1 Å². The zero-order valence-electron chi connectivity index (χ0n) is 11.7. The number of nitrogens with one attached hydrogen (secondary N) is 1. The van der Waals surface area contributed by atoms with Crippen molar-refractivity contribution in [2.75, 3.05) is 0 Å². The number of hydrogen-bond donors (Lipinski definition) is 2. The minimum Gasteiger partial charge on any atom is -0.368 e. The van der Waals surface area contributed by atoms with Gasteiger partial charge in [-0.2, -0.15) is 0 Å². The molecule has 5 nitrogen and oxygen atoms in total. The standard InChI is InChI=1S/C16H14ClN3O2/c17-13-3-1-10(2-4-13)11-7-12(9-19-8-11)14(21)20-16(5-6-16)15(18)22/h1-4,7-9H,5-6H2,(H2,18,22)(H,20,21). The van der Waals surface area contributed by atoms with Gasteiger partial charge >= 0.3 is 0 Å². The summed E-state index contributed by atoms with van der Waals surface area (Å²) in [4.78, 5) is 27.7. The van der Waals surface area contributed by atoms with E-state index >= 15 is 0 Å². The number of carbonyl (C=O) groups is 2. The molecule has 0 saturated heterocycles. The fourth-order valence-electron chi connectivity index (χ4n) is 2.21. The van der Waals surface area contributed by atoms with E-state index in [1.807, 2.05) is 12.1 Å². The summed E-state index contributed by atoms with van der Waals surface area (Å²) in [6, 6.07) is 8.98. The number of carbonyl (C=O) groups excluding carboxylic acids is 2. The average Bonchev–Trinajstić information content (AvgIpc) is 3.29. The third kappa shape index (κ3) is 2.80. The quantitative estimate of drug-likeness (QED) is 0.906. The molecular formula is C16H14ClN3O2. The van der Waals surface area contributed by atoms with E-state index in [1.165, 1.54) is 6.20 Å². The van der Waals surface area contributed by atoms with Gasteiger partial charge in [-0.15, -0.1) is 0 Å². The molecule has 1 heterocycles. The lowest BCUT2D eigenvalue weighted by Crippen LogP contribution is -2.46. The first kappa shape index (κ1) is 14.5. The zero-order valence-corrected chi connectivity index (χ0v) is 12.4. The number of nitrogens with zero attached hydrogens (tertiary/aromatic N) is 1. The molecule has 6 heteroatoms. The lowest BCUT2D eigenvalue weighted by molar-refractivity contribution is -0.120. The molecule has 1 aromatic heterocycles. The summed E-state index contributed by atoms with van der Waals surface area (Å²) in [6.07, 6.45) is 4.30. The molecule has 2 amide bonds. The maximum Gasteiger partial charge on any atom is 0.253 e. The van der Waals surface area contributed by atoms with E-state index in [2.05, 4.69) is 10.3 Å². The van der Waals surface area contributed by atoms with E-state index in [4.69, 9.17) is 17.3 Å². The van der Waals surface area contributed by atoms with Crippen LogP contribution in [0.1, 0.15) is 23.2 Å². The SMILES string of the molecule is NC(=O)C1(NC(=O)c2cncc(-c3ccc(Cl)cc3)c2)CC1. The van der Waals surface area contributed by atoms with Crippen molar-refractivity contribution in [2.24, 2.45) is 5.73 Å². The van der Waals surface area contributed by atoms with Crippen LogP contribution in [0.3, 0.4) is 0 Å². The Morgan fingerprint density at radius 2 is 1.82 bits per heavy atom. The van der Waals surface area contributed by atoms with Gasteiger partial charge in [-0.05, 0) is 36.6 Å². The number of nitrogens with two attached hydrogens (primary N) is 1. The first-order valence-electron chi connectivity index (χ1n) is 6.84. The van der Waals surface area contributed by atoms with Crippen LogP contribution in [0.4, 0.5) is 0 Å². The minimum atomic E-state index is -0.882. The molecule has 0 aliphatic heterocycles. The summed E-state index contributed by atoms with van der Waals surface area (Å²) in [5.41, 5.74) is 6.52. The van der Waals surface area contributed by atoms with Crippen molar-refractivity contribution in [2.45, 2.75) is 18.4 Å². The Morgan fingerprint density at radius 1 is 1.14 bits per heavy atom. The van der Waals surface area contributed by atoms with E-state index in [0.717, 1.165) is 11.1 Å². The molecule has 2 aromatic rings. The van der Waals surface area contributed by atoms with Crippen molar-refractivity contribution in [3.8, 4) is 11.1 Å². The van der Waals surface area contributed by atoms with Crippen molar-refractivity contribution >= 4 is 23.4 Å². The lowest BCUT2D eigenvalue weighted by atomic mass is 10.1. The smallest absolute Gasteiger partial charge is 0.253 e. The van der Waals surface area contributed by atoms with E-state index in [-0.39, 0.29) is 5.91 Å². The zero-order chi connectivity index (χ0) is 15.7. The lowest BCUT2D eigenvalue weighted by Gasteiger charge is -2.13. The van der Waals surface area contributed by atoms with Crippen LogP contribution in [0.15, 0.2) is 42.7 Å². The highest BCUT2D eigenvalue weighted by atomic mass is 35.5. The molecule has 0 unspecified atom stereocenters. The van der Waals surface area contributed by atoms with Gasteiger partial charge in [0.25, 0.3) is 5.91 Å². The highest BCUT2D eigenvalue weighted by molar-refractivity contribution is 6.30. The Hall–Kier alpha value is -2.40. The van der Waals surface area contributed by atoms with E-state index in [9.17, 15) is 9.59 Å². The number of halogens is 1. The minimum absolute atomic E-state index is 0.348. The number of pyridine rings is 1. The summed E-state index contributed by atoms with van der Waals surface area (Å²) in [6.45, 7) is 0. The second kappa shape index (κ2) is 5.42. The fraction of sp³-hybridized carbons (Fsp3) is 0.188. The summed E-state index contributed by atoms with van der Waals surface area (Å²) in [5.74, 6) is -0.845. The predicted molar refractivity (Wildman–Crippen MR) is 83.3 cm³/mol. The molecule has 0 bridgehead atoms. The Morgan fingerprint density at radius 3 is 2.41 bits per heavy atom. The van der Waals surface area contributed by atoms with Crippen molar-refractivity contribution in [3.05, 3.63) is 53.3 Å². The highest BCUT2D eigenvalue weighted by Gasteiger charge is 2.49. The van der Waals surface area contributed by atoms with Crippen molar-refractivity contribution in [3.63, 3.8) is 0 Å². The summed E-state index contributed by atoms with van der Waals surface area (Å²) < 4.78 is 0. The molecule has 112 valence electrons. The molecule has 3 N–H and O–H groups in total. The fourth-order valence-corrected chi connectivity index (χ4v) is 2.34. The van der Waals surface area contributed by atoms with Gasteiger partial charge in [0.15, 0.2) is 0 Å². The largest absolute Gasteiger partial charge is 0.368 e. The number of benzene rings is 1. The maximum atomic E-state index is 12.3. The van der Waals surface area contributed by atoms with Gasteiger partial charge in [-0.25, -0.2) is 0 Å². The normalized spacial score (nSPS) is 15.1. The second-order valence-corrected chi connectivity index (χ2v) is 5.81. The molecule has 0 atom stereocenters. The summed E-state index contributed by atoms with van der Waals surface area (Å²) in [7, 11) is 0. The van der Waals surface area contributed by atoms with Crippen LogP contribution in [0, 0.1) is 0 Å².